The highest BCUT2D eigenvalue weighted by molar-refractivity contribution is 9.10. The van der Waals surface area contributed by atoms with Crippen LogP contribution in [-0.4, -0.2) is 37.4 Å². The third-order valence-electron chi connectivity index (χ3n) is 2.62. The molecule has 19 heavy (non-hydrogen) atoms. The van der Waals surface area contributed by atoms with Crippen molar-refractivity contribution in [2.75, 3.05) is 31.7 Å². The first-order valence-electron chi connectivity index (χ1n) is 5.64. The van der Waals surface area contributed by atoms with Crippen LogP contribution in [0.3, 0.4) is 0 Å². The van der Waals surface area contributed by atoms with E-state index in [4.69, 9.17) is 9.47 Å². The molecule has 1 N–H and O–H groups in total. The fourth-order valence-electron chi connectivity index (χ4n) is 1.75. The molecule has 1 heterocycles. The van der Waals surface area contributed by atoms with E-state index in [0.717, 1.165) is 0 Å². The van der Waals surface area contributed by atoms with Gasteiger partial charge in [-0.25, -0.2) is 4.39 Å². The van der Waals surface area contributed by atoms with Gasteiger partial charge in [-0.2, -0.15) is 0 Å². The van der Waals surface area contributed by atoms with E-state index in [0.29, 0.717) is 24.3 Å². The van der Waals surface area contributed by atoms with Gasteiger partial charge in [-0.3, -0.25) is 10.1 Å². The van der Waals surface area contributed by atoms with Crippen molar-refractivity contribution in [1.29, 1.82) is 0 Å². The molecule has 1 aliphatic heterocycles. The van der Waals surface area contributed by atoms with Gasteiger partial charge in [0.05, 0.1) is 30.8 Å². The van der Waals surface area contributed by atoms with Gasteiger partial charge in [-0.1, -0.05) is 15.9 Å². The van der Waals surface area contributed by atoms with Crippen molar-refractivity contribution in [3.63, 3.8) is 0 Å². The minimum absolute atomic E-state index is 0.137. The summed E-state index contributed by atoms with van der Waals surface area (Å²) in [6.07, 6.45) is -0.239. The fourth-order valence-corrected chi connectivity index (χ4v) is 2.17. The van der Waals surface area contributed by atoms with Gasteiger partial charge < -0.3 is 14.8 Å². The Labute approximate surface area is 117 Å². The van der Waals surface area contributed by atoms with Crippen LogP contribution in [0.15, 0.2) is 16.6 Å². The van der Waals surface area contributed by atoms with E-state index in [-0.39, 0.29) is 24.0 Å². The maximum Gasteiger partial charge on any atom is 0.296 e. The smallest absolute Gasteiger partial charge is 0.296 e. The first-order chi connectivity index (χ1) is 9.08. The Bertz CT molecular complexity index is 480. The molecule has 1 saturated heterocycles. The summed E-state index contributed by atoms with van der Waals surface area (Å²) < 4.78 is 24.6. The molecule has 0 aromatic heterocycles. The number of nitrogens with one attached hydrogen (secondary N) is 1. The second-order valence-electron chi connectivity index (χ2n) is 3.99. The molecular weight excluding hydrogens is 323 g/mol. The zero-order valence-electron chi connectivity index (χ0n) is 9.90. The van der Waals surface area contributed by atoms with Crippen molar-refractivity contribution in [2.45, 2.75) is 6.10 Å². The predicted molar refractivity (Wildman–Crippen MR) is 69.8 cm³/mol. The number of rotatable bonds is 4. The lowest BCUT2D eigenvalue weighted by atomic mass is 10.2. The third-order valence-corrected chi connectivity index (χ3v) is 3.08. The van der Waals surface area contributed by atoms with Crippen LogP contribution < -0.4 is 5.32 Å². The van der Waals surface area contributed by atoms with E-state index in [9.17, 15) is 14.5 Å². The molecular formula is C11H12BrFN2O4. The highest BCUT2D eigenvalue weighted by Gasteiger charge is 2.21. The lowest BCUT2D eigenvalue weighted by Crippen LogP contribution is -2.34. The Balaban J connectivity index is 2.12. The number of benzene rings is 1. The summed E-state index contributed by atoms with van der Waals surface area (Å²) in [5.41, 5.74) is -0.453. The van der Waals surface area contributed by atoms with Crippen LogP contribution >= 0.6 is 15.9 Å². The van der Waals surface area contributed by atoms with Crippen molar-refractivity contribution >= 4 is 27.3 Å². The molecule has 0 spiro atoms. The van der Waals surface area contributed by atoms with Gasteiger partial charge in [0.15, 0.2) is 5.82 Å². The highest BCUT2D eigenvalue weighted by Crippen LogP contribution is 2.31. The lowest BCUT2D eigenvalue weighted by Gasteiger charge is -2.23. The van der Waals surface area contributed by atoms with Gasteiger partial charge in [-0.05, 0) is 6.07 Å². The molecule has 0 bridgehead atoms. The predicted octanol–water partition coefficient (Wildman–Crippen LogP) is 2.32. The molecule has 8 heteroatoms. The third kappa shape index (κ3) is 3.62. The molecule has 1 unspecified atom stereocenters. The van der Waals surface area contributed by atoms with Crippen molar-refractivity contribution < 1.29 is 18.8 Å². The van der Waals surface area contributed by atoms with E-state index in [2.05, 4.69) is 21.2 Å². The van der Waals surface area contributed by atoms with E-state index >= 15 is 0 Å². The van der Waals surface area contributed by atoms with Gasteiger partial charge in [-0.15, -0.1) is 0 Å². The Hall–Kier alpha value is -1.25. The number of hydrogen-bond acceptors (Lipinski definition) is 5. The molecule has 6 nitrogen and oxygen atoms in total. The molecule has 1 atom stereocenters. The van der Waals surface area contributed by atoms with Crippen LogP contribution in [0.4, 0.5) is 15.8 Å². The normalized spacial score (nSPS) is 19.2. The quantitative estimate of drug-likeness (QED) is 0.675. The Morgan fingerprint density at radius 2 is 2.32 bits per heavy atom. The van der Waals surface area contributed by atoms with Crippen LogP contribution in [0.5, 0.6) is 0 Å². The summed E-state index contributed by atoms with van der Waals surface area (Å²) >= 11 is 3.03. The standard InChI is InChI=1S/C11H12BrFN2O4/c12-7-3-9(13)11(10(4-7)15(16)17)14-5-8-6-18-1-2-19-8/h3-4,8,14H,1-2,5-6H2. The largest absolute Gasteiger partial charge is 0.376 e. The maximum absolute atomic E-state index is 13.8. The summed E-state index contributed by atoms with van der Waals surface area (Å²) in [5, 5.41) is 13.6. The van der Waals surface area contributed by atoms with Crippen LogP contribution in [0, 0.1) is 15.9 Å². The number of halogens is 2. The van der Waals surface area contributed by atoms with Crippen molar-refractivity contribution in [1.82, 2.24) is 0 Å². The molecule has 0 aliphatic carbocycles. The van der Waals surface area contributed by atoms with E-state index in [1.54, 1.807) is 0 Å². The topological polar surface area (TPSA) is 73.6 Å². The second kappa shape index (κ2) is 6.27. The summed E-state index contributed by atoms with van der Waals surface area (Å²) in [6, 6.07) is 2.43. The highest BCUT2D eigenvalue weighted by atomic mass is 79.9. The summed E-state index contributed by atoms with van der Waals surface area (Å²) in [7, 11) is 0. The van der Waals surface area contributed by atoms with Crippen LogP contribution in [-0.2, 0) is 9.47 Å². The monoisotopic (exact) mass is 334 g/mol. The Morgan fingerprint density at radius 3 is 2.95 bits per heavy atom. The average Bonchev–Trinajstić information content (AvgIpc) is 2.38. The number of nitro groups is 1. The van der Waals surface area contributed by atoms with Gasteiger partial charge in [0.2, 0.25) is 0 Å². The van der Waals surface area contributed by atoms with Crippen LogP contribution in [0.1, 0.15) is 0 Å². The second-order valence-corrected chi connectivity index (χ2v) is 4.90. The molecule has 0 radical (unpaired) electrons. The molecule has 1 aromatic rings. The number of hydrogen-bond donors (Lipinski definition) is 1. The Kier molecular flexibility index (Phi) is 4.67. The van der Waals surface area contributed by atoms with E-state index in [1.807, 2.05) is 0 Å². The van der Waals surface area contributed by atoms with Crippen molar-refractivity contribution in [2.24, 2.45) is 0 Å². The molecule has 0 saturated carbocycles. The fraction of sp³-hybridized carbons (Fsp3) is 0.455. The minimum atomic E-state index is -0.683. The van der Waals surface area contributed by atoms with Gasteiger partial charge >= 0.3 is 0 Å². The number of anilines is 1. The Morgan fingerprint density at radius 1 is 1.53 bits per heavy atom. The first kappa shape index (κ1) is 14.2. The summed E-state index contributed by atoms with van der Waals surface area (Å²) in [4.78, 5) is 10.3. The number of ether oxygens (including phenoxy) is 2. The maximum atomic E-state index is 13.8. The van der Waals surface area contributed by atoms with Crippen LogP contribution in [0.2, 0.25) is 0 Å². The molecule has 104 valence electrons. The zero-order valence-corrected chi connectivity index (χ0v) is 11.5. The van der Waals surface area contributed by atoms with Crippen molar-refractivity contribution in [3.8, 4) is 0 Å². The molecule has 0 amide bonds. The van der Waals surface area contributed by atoms with Crippen molar-refractivity contribution in [3.05, 3.63) is 32.5 Å². The summed E-state index contributed by atoms with van der Waals surface area (Å²) in [5.74, 6) is -0.683. The minimum Gasteiger partial charge on any atom is -0.376 e. The number of nitro benzene ring substituents is 1. The van der Waals surface area contributed by atoms with Crippen LogP contribution in [0.25, 0.3) is 0 Å². The van der Waals surface area contributed by atoms with Gasteiger partial charge in [0.25, 0.3) is 5.69 Å². The van der Waals surface area contributed by atoms with Gasteiger partial charge in [0.1, 0.15) is 5.69 Å². The van der Waals surface area contributed by atoms with E-state index in [1.165, 1.54) is 12.1 Å². The number of nitrogens with zero attached hydrogens (tertiary/aromatic N) is 1. The van der Waals surface area contributed by atoms with E-state index < -0.39 is 10.7 Å². The molecule has 2 rings (SSSR count). The molecule has 1 fully saturated rings. The average molecular weight is 335 g/mol. The zero-order chi connectivity index (χ0) is 13.8. The molecule has 1 aromatic carbocycles. The first-order valence-corrected chi connectivity index (χ1v) is 6.44. The molecule has 1 aliphatic rings. The lowest BCUT2D eigenvalue weighted by molar-refractivity contribution is -0.384. The summed E-state index contributed by atoms with van der Waals surface area (Å²) in [6.45, 7) is 1.64. The van der Waals surface area contributed by atoms with Gasteiger partial charge in [0, 0.05) is 17.1 Å². The SMILES string of the molecule is O=[N+]([O-])c1cc(Br)cc(F)c1NCC1COCCO1.